The van der Waals surface area contributed by atoms with Crippen LogP contribution in [0.2, 0.25) is 0 Å². The summed E-state index contributed by atoms with van der Waals surface area (Å²) >= 11 is 0. The molecule has 94 valence electrons. The van der Waals surface area contributed by atoms with Crippen molar-refractivity contribution < 1.29 is 13.2 Å². The van der Waals surface area contributed by atoms with Crippen molar-refractivity contribution in [1.82, 2.24) is 0 Å². The number of rotatable bonds is 3. The molecule has 0 heterocycles. The minimum absolute atomic E-state index is 0.0743. The Bertz CT molecular complexity index is 540. The summed E-state index contributed by atoms with van der Waals surface area (Å²) in [5, 5.41) is 0. The highest BCUT2D eigenvalue weighted by Gasteiger charge is 2.16. The zero-order valence-electron chi connectivity index (χ0n) is 9.54. The lowest BCUT2D eigenvalue weighted by molar-refractivity contribution is 0.438. The van der Waals surface area contributed by atoms with E-state index in [1.54, 1.807) is 0 Å². The lowest BCUT2D eigenvalue weighted by Crippen LogP contribution is -2.14. The predicted octanol–water partition coefficient (Wildman–Crippen LogP) is 3.35. The first-order valence-corrected chi connectivity index (χ1v) is 5.52. The highest BCUT2D eigenvalue weighted by atomic mass is 19.2. The molecule has 0 saturated heterocycles. The van der Waals surface area contributed by atoms with Crippen molar-refractivity contribution in [2.75, 3.05) is 0 Å². The number of hydrogen-bond acceptors (Lipinski definition) is 1. The Morgan fingerprint density at radius 2 is 1.56 bits per heavy atom. The first-order chi connectivity index (χ1) is 8.59. The summed E-state index contributed by atoms with van der Waals surface area (Å²) < 4.78 is 39.3. The molecule has 2 N–H and O–H groups in total. The molecule has 0 radical (unpaired) electrons. The quantitative estimate of drug-likeness (QED) is 0.832. The normalized spacial score (nSPS) is 12.4. The van der Waals surface area contributed by atoms with Gasteiger partial charge in [-0.3, -0.25) is 0 Å². The molecule has 0 fully saturated rings. The van der Waals surface area contributed by atoms with Gasteiger partial charge in [-0.25, -0.2) is 13.2 Å². The van der Waals surface area contributed by atoms with Crippen molar-refractivity contribution in [3.63, 3.8) is 0 Å². The Morgan fingerprint density at radius 3 is 2.22 bits per heavy atom. The average molecular weight is 251 g/mol. The van der Waals surface area contributed by atoms with Gasteiger partial charge in [-0.1, -0.05) is 36.4 Å². The highest BCUT2D eigenvalue weighted by Crippen LogP contribution is 2.21. The number of nitrogens with two attached hydrogens (primary N) is 1. The van der Waals surface area contributed by atoms with E-state index >= 15 is 0 Å². The molecule has 0 bridgehead atoms. The zero-order valence-corrected chi connectivity index (χ0v) is 9.54. The van der Waals surface area contributed by atoms with Crippen LogP contribution in [0.5, 0.6) is 0 Å². The lowest BCUT2D eigenvalue weighted by Gasteiger charge is -2.13. The predicted molar refractivity (Wildman–Crippen MR) is 63.4 cm³/mol. The molecule has 0 aliphatic rings. The average Bonchev–Trinajstić information content (AvgIpc) is 2.40. The molecular weight excluding hydrogens is 239 g/mol. The second-order valence-electron chi connectivity index (χ2n) is 4.06. The maximum atomic E-state index is 13.5. The van der Waals surface area contributed by atoms with Crippen LogP contribution in [0, 0.1) is 17.5 Å². The molecule has 18 heavy (non-hydrogen) atoms. The maximum Gasteiger partial charge on any atom is 0.194 e. The van der Waals surface area contributed by atoms with Crippen LogP contribution in [0.3, 0.4) is 0 Å². The summed E-state index contributed by atoms with van der Waals surface area (Å²) in [6.07, 6.45) is 0.118. The smallest absolute Gasteiger partial charge is 0.194 e. The van der Waals surface area contributed by atoms with Crippen molar-refractivity contribution in [3.05, 3.63) is 71.0 Å². The van der Waals surface area contributed by atoms with E-state index in [0.29, 0.717) is 0 Å². The Balaban J connectivity index is 2.22. The maximum absolute atomic E-state index is 13.5. The summed E-state index contributed by atoms with van der Waals surface area (Å²) in [4.78, 5) is 0. The van der Waals surface area contributed by atoms with Crippen LogP contribution in [0.4, 0.5) is 13.2 Å². The van der Waals surface area contributed by atoms with Crippen LogP contribution >= 0.6 is 0 Å². The van der Waals surface area contributed by atoms with E-state index in [0.717, 1.165) is 11.6 Å². The molecule has 2 aromatic carbocycles. The van der Waals surface area contributed by atoms with E-state index in [4.69, 9.17) is 5.73 Å². The van der Waals surface area contributed by atoms with Gasteiger partial charge in [-0.05, 0) is 23.6 Å². The molecule has 0 aliphatic heterocycles. The molecule has 0 saturated carbocycles. The Hall–Kier alpha value is -1.81. The highest BCUT2D eigenvalue weighted by molar-refractivity contribution is 5.25. The summed E-state index contributed by atoms with van der Waals surface area (Å²) in [7, 11) is 0. The standard InChI is InChI=1S/C14H12F3N/c15-11-7-6-10(13(16)14(11)17)8-12(18)9-4-2-1-3-5-9/h1-7,12H,8,18H2. The first kappa shape index (κ1) is 12.6. The van der Waals surface area contributed by atoms with E-state index in [1.807, 2.05) is 30.3 Å². The van der Waals surface area contributed by atoms with Crippen molar-refractivity contribution in [3.8, 4) is 0 Å². The summed E-state index contributed by atoms with van der Waals surface area (Å²) in [5.41, 5.74) is 6.80. The molecule has 0 aromatic heterocycles. The molecule has 2 rings (SSSR count). The Kier molecular flexibility index (Phi) is 3.67. The molecule has 2 aromatic rings. The molecule has 4 heteroatoms. The second kappa shape index (κ2) is 5.23. The fourth-order valence-corrected chi connectivity index (χ4v) is 1.78. The molecule has 0 aliphatic carbocycles. The van der Waals surface area contributed by atoms with Crippen molar-refractivity contribution in [1.29, 1.82) is 0 Å². The van der Waals surface area contributed by atoms with Gasteiger partial charge in [0.25, 0.3) is 0 Å². The summed E-state index contributed by atoms with van der Waals surface area (Å²) in [5.74, 6) is -3.81. The molecular formula is C14H12F3N. The second-order valence-corrected chi connectivity index (χ2v) is 4.06. The van der Waals surface area contributed by atoms with E-state index in [2.05, 4.69) is 0 Å². The monoisotopic (exact) mass is 251 g/mol. The topological polar surface area (TPSA) is 26.0 Å². The summed E-state index contributed by atoms with van der Waals surface area (Å²) in [6.45, 7) is 0. The van der Waals surface area contributed by atoms with Crippen LogP contribution < -0.4 is 5.73 Å². The van der Waals surface area contributed by atoms with E-state index in [-0.39, 0.29) is 12.0 Å². The SMILES string of the molecule is NC(Cc1ccc(F)c(F)c1F)c1ccccc1. The van der Waals surface area contributed by atoms with Gasteiger partial charge in [0.05, 0.1) is 0 Å². The van der Waals surface area contributed by atoms with Gasteiger partial charge in [-0.15, -0.1) is 0 Å². The third-order valence-corrected chi connectivity index (χ3v) is 2.78. The molecule has 0 amide bonds. The van der Waals surface area contributed by atoms with E-state index in [1.165, 1.54) is 6.07 Å². The molecule has 1 atom stereocenters. The van der Waals surface area contributed by atoms with Crippen LogP contribution in [0.15, 0.2) is 42.5 Å². The summed E-state index contributed by atoms with van der Waals surface area (Å²) in [6, 6.07) is 10.8. The Morgan fingerprint density at radius 1 is 0.889 bits per heavy atom. The number of hydrogen-bond donors (Lipinski definition) is 1. The van der Waals surface area contributed by atoms with Gasteiger partial charge >= 0.3 is 0 Å². The molecule has 1 nitrogen and oxygen atoms in total. The minimum Gasteiger partial charge on any atom is -0.324 e. The first-order valence-electron chi connectivity index (χ1n) is 5.52. The van der Waals surface area contributed by atoms with Gasteiger partial charge in [0, 0.05) is 6.04 Å². The van der Waals surface area contributed by atoms with Gasteiger partial charge in [0.15, 0.2) is 17.5 Å². The fraction of sp³-hybridized carbons (Fsp3) is 0.143. The number of halogens is 3. The lowest BCUT2D eigenvalue weighted by atomic mass is 9.99. The van der Waals surface area contributed by atoms with Crippen molar-refractivity contribution in [2.45, 2.75) is 12.5 Å². The third-order valence-electron chi connectivity index (χ3n) is 2.78. The van der Waals surface area contributed by atoms with Gasteiger partial charge < -0.3 is 5.73 Å². The zero-order chi connectivity index (χ0) is 13.1. The minimum atomic E-state index is -1.45. The van der Waals surface area contributed by atoms with E-state index in [9.17, 15) is 13.2 Å². The van der Waals surface area contributed by atoms with Crippen LogP contribution in [-0.2, 0) is 6.42 Å². The van der Waals surface area contributed by atoms with E-state index < -0.39 is 23.5 Å². The number of benzene rings is 2. The largest absolute Gasteiger partial charge is 0.324 e. The molecule has 0 spiro atoms. The van der Waals surface area contributed by atoms with Crippen LogP contribution in [-0.4, -0.2) is 0 Å². The van der Waals surface area contributed by atoms with Gasteiger partial charge in [-0.2, -0.15) is 0 Å². The van der Waals surface area contributed by atoms with Crippen molar-refractivity contribution in [2.24, 2.45) is 5.73 Å². The third kappa shape index (κ3) is 2.54. The van der Waals surface area contributed by atoms with Gasteiger partial charge in [0.2, 0.25) is 0 Å². The van der Waals surface area contributed by atoms with Crippen LogP contribution in [0.1, 0.15) is 17.2 Å². The molecule has 1 unspecified atom stereocenters. The van der Waals surface area contributed by atoms with Gasteiger partial charge in [0.1, 0.15) is 0 Å². The van der Waals surface area contributed by atoms with Crippen LogP contribution in [0.25, 0.3) is 0 Å². The Labute approximate surface area is 103 Å². The van der Waals surface area contributed by atoms with Crippen molar-refractivity contribution >= 4 is 0 Å². The fourth-order valence-electron chi connectivity index (χ4n) is 1.78.